The van der Waals surface area contributed by atoms with Gasteiger partial charge in [0.2, 0.25) is 15.9 Å². The Morgan fingerprint density at radius 3 is 2.45 bits per heavy atom. The molecule has 0 aromatic heterocycles. The molecule has 0 bridgehead atoms. The van der Waals surface area contributed by atoms with Gasteiger partial charge in [0, 0.05) is 19.3 Å². The van der Waals surface area contributed by atoms with Crippen molar-refractivity contribution in [3.05, 3.63) is 83.9 Å². The summed E-state index contributed by atoms with van der Waals surface area (Å²) in [5.41, 5.74) is 3.86. The number of fused-ring (bicyclic) bond motifs is 2. The van der Waals surface area contributed by atoms with E-state index in [1.165, 1.54) is 6.07 Å². The molecule has 0 unspecified atom stereocenters. The van der Waals surface area contributed by atoms with E-state index in [9.17, 15) is 18.0 Å². The first-order valence-corrected chi connectivity index (χ1v) is 15.1. The maximum absolute atomic E-state index is 13.3. The zero-order valence-electron chi connectivity index (χ0n) is 22.5. The number of carbonyl (C=O) groups is 2. The molecule has 1 fully saturated rings. The average molecular weight is 564 g/mol. The molecule has 5 rings (SSSR count). The predicted octanol–water partition coefficient (Wildman–Crippen LogP) is 3.81. The molecule has 2 N–H and O–H groups in total. The van der Waals surface area contributed by atoms with Crippen molar-refractivity contribution in [2.75, 3.05) is 24.6 Å². The Morgan fingerprint density at radius 2 is 1.73 bits per heavy atom. The molecular weight excluding hydrogens is 530 g/mol. The van der Waals surface area contributed by atoms with Crippen molar-refractivity contribution in [1.29, 1.82) is 0 Å². The summed E-state index contributed by atoms with van der Waals surface area (Å²) >= 11 is 0. The highest BCUT2D eigenvalue weighted by Crippen LogP contribution is 2.32. The van der Waals surface area contributed by atoms with Crippen LogP contribution in [-0.2, 0) is 26.1 Å². The first kappa shape index (κ1) is 27.7. The molecule has 3 atom stereocenters. The minimum absolute atomic E-state index is 0.0944. The van der Waals surface area contributed by atoms with E-state index < -0.39 is 16.1 Å². The lowest BCUT2D eigenvalue weighted by molar-refractivity contribution is -0.134. The van der Waals surface area contributed by atoms with Crippen molar-refractivity contribution in [2.24, 2.45) is 0 Å². The molecule has 0 aliphatic carbocycles. The molecule has 3 aromatic carbocycles. The fourth-order valence-corrected chi connectivity index (χ4v) is 5.79. The Kier molecular flexibility index (Phi) is 8.09. The SMILES string of the molecule is CN1C(=O)c2cc(NS(C)(=O)=O)ccc2OC[C@@H]2O[C@@H](CC(=O)NCc3ccc(-c4ccccc4)cc3)CC[C@H]21. The van der Waals surface area contributed by atoms with E-state index in [4.69, 9.17) is 9.47 Å². The van der Waals surface area contributed by atoms with Crippen LogP contribution in [0.25, 0.3) is 11.1 Å². The number of likely N-dealkylation sites (N-methyl/N-ethyl adjacent to an activating group) is 1. The summed E-state index contributed by atoms with van der Waals surface area (Å²) < 4.78 is 37.9. The van der Waals surface area contributed by atoms with Gasteiger partial charge in [-0.1, -0.05) is 54.6 Å². The maximum Gasteiger partial charge on any atom is 0.257 e. The number of hydrogen-bond acceptors (Lipinski definition) is 6. The Labute approximate surface area is 234 Å². The van der Waals surface area contributed by atoms with Gasteiger partial charge < -0.3 is 19.7 Å². The Balaban J connectivity index is 1.17. The van der Waals surface area contributed by atoms with E-state index in [0.29, 0.717) is 30.8 Å². The van der Waals surface area contributed by atoms with E-state index in [0.717, 1.165) is 22.9 Å². The van der Waals surface area contributed by atoms with Crippen LogP contribution >= 0.6 is 0 Å². The standard InChI is InChI=1S/C30H33N3O6S/c1-33-26-14-13-24(17-29(34)31-18-20-8-10-22(11-9-20)21-6-4-3-5-7-21)39-28(26)19-38-27-15-12-23(32-40(2,36)37)16-25(27)30(33)35/h3-12,15-16,24,26,28,32H,13-14,17-19H2,1-2H3,(H,31,34)/t24-,26-,28+/m1/s1. The summed E-state index contributed by atoms with van der Waals surface area (Å²) in [6, 6.07) is 22.7. The number of ether oxygens (including phenoxy) is 2. The molecular formula is C30H33N3O6S. The maximum atomic E-state index is 13.3. The van der Waals surface area contributed by atoms with Gasteiger partial charge in [-0.15, -0.1) is 0 Å². The second-order valence-electron chi connectivity index (χ2n) is 10.3. The lowest BCUT2D eigenvalue weighted by Gasteiger charge is -2.42. The van der Waals surface area contributed by atoms with Gasteiger partial charge >= 0.3 is 0 Å². The van der Waals surface area contributed by atoms with E-state index in [2.05, 4.69) is 34.3 Å². The third kappa shape index (κ3) is 6.63. The summed E-state index contributed by atoms with van der Waals surface area (Å²) in [6.07, 6.45) is 1.88. The van der Waals surface area contributed by atoms with Crippen molar-refractivity contribution in [3.63, 3.8) is 0 Å². The van der Waals surface area contributed by atoms with Gasteiger partial charge in [0.25, 0.3) is 5.91 Å². The van der Waals surface area contributed by atoms with Crippen molar-refractivity contribution >= 4 is 27.5 Å². The normalized spacial score (nSPS) is 20.8. The van der Waals surface area contributed by atoms with Gasteiger partial charge in [0.15, 0.2) is 0 Å². The van der Waals surface area contributed by atoms with Crippen LogP contribution in [-0.4, -0.2) is 63.3 Å². The highest BCUT2D eigenvalue weighted by Gasteiger charge is 2.39. The van der Waals surface area contributed by atoms with E-state index in [1.54, 1.807) is 24.1 Å². The third-order valence-corrected chi connectivity index (χ3v) is 7.89. The molecule has 2 aliphatic heterocycles. The fourth-order valence-electron chi connectivity index (χ4n) is 5.23. The van der Waals surface area contributed by atoms with Gasteiger partial charge in [0.05, 0.1) is 30.4 Å². The molecule has 2 heterocycles. The number of benzene rings is 3. The molecule has 9 nitrogen and oxygen atoms in total. The molecule has 2 amide bonds. The first-order chi connectivity index (χ1) is 19.2. The summed E-state index contributed by atoms with van der Waals surface area (Å²) in [5.74, 6) is -0.0148. The molecule has 210 valence electrons. The zero-order valence-corrected chi connectivity index (χ0v) is 23.3. The molecule has 0 spiro atoms. The lowest BCUT2D eigenvalue weighted by Crippen LogP contribution is -2.53. The van der Waals surface area contributed by atoms with Gasteiger partial charge in [-0.25, -0.2) is 8.42 Å². The molecule has 3 aromatic rings. The van der Waals surface area contributed by atoms with Crippen LogP contribution in [0.2, 0.25) is 0 Å². The Hall–Kier alpha value is -3.89. The highest BCUT2D eigenvalue weighted by atomic mass is 32.2. The zero-order chi connectivity index (χ0) is 28.3. The van der Waals surface area contributed by atoms with Crippen LogP contribution in [0.1, 0.15) is 35.2 Å². The number of hydrogen-bond donors (Lipinski definition) is 2. The number of sulfonamides is 1. The Bertz CT molecular complexity index is 1480. The number of carbonyl (C=O) groups excluding carboxylic acids is 2. The van der Waals surface area contributed by atoms with E-state index >= 15 is 0 Å². The predicted molar refractivity (Wildman–Crippen MR) is 153 cm³/mol. The summed E-state index contributed by atoms with van der Waals surface area (Å²) in [6.45, 7) is 0.639. The summed E-state index contributed by atoms with van der Waals surface area (Å²) in [7, 11) is -1.77. The summed E-state index contributed by atoms with van der Waals surface area (Å²) in [4.78, 5) is 27.7. The van der Waals surface area contributed by atoms with Crippen molar-refractivity contribution in [3.8, 4) is 16.9 Å². The van der Waals surface area contributed by atoms with Gasteiger partial charge in [0.1, 0.15) is 18.5 Å². The lowest BCUT2D eigenvalue weighted by atomic mass is 9.94. The monoisotopic (exact) mass is 563 g/mol. The minimum atomic E-state index is -3.49. The van der Waals surface area contributed by atoms with Crippen LogP contribution < -0.4 is 14.8 Å². The molecule has 0 saturated carbocycles. The smallest absolute Gasteiger partial charge is 0.257 e. The number of amides is 2. The Morgan fingerprint density at radius 1 is 1.00 bits per heavy atom. The molecule has 2 aliphatic rings. The van der Waals surface area contributed by atoms with Crippen LogP contribution in [0.5, 0.6) is 5.75 Å². The van der Waals surface area contributed by atoms with Gasteiger partial charge in [-0.05, 0) is 47.7 Å². The second kappa shape index (κ2) is 11.7. The van der Waals surface area contributed by atoms with Gasteiger partial charge in [-0.2, -0.15) is 0 Å². The van der Waals surface area contributed by atoms with Crippen LogP contribution in [0, 0.1) is 0 Å². The van der Waals surface area contributed by atoms with Gasteiger partial charge in [-0.3, -0.25) is 14.3 Å². The third-order valence-electron chi connectivity index (χ3n) is 7.28. The van der Waals surface area contributed by atoms with Crippen molar-refractivity contribution < 1.29 is 27.5 Å². The molecule has 1 saturated heterocycles. The second-order valence-corrected chi connectivity index (χ2v) is 12.0. The quantitative estimate of drug-likeness (QED) is 0.452. The number of nitrogens with zero attached hydrogens (tertiary/aromatic N) is 1. The number of rotatable bonds is 7. The largest absolute Gasteiger partial charge is 0.490 e. The molecule has 10 heteroatoms. The molecule has 0 radical (unpaired) electrons. The average Bonchev–Trinajstić information content (AvgIpc) is 2.94. The van der Waals surface area contributed by atoms with Crippen molar-refractivity contribution in [2.45, 2.75) is 44.1 Å². The van der Waals surface area contributed by atoms with Crippen molar-refractivity contribution in [1.82, 2.24) is 10.2 Å². The van der Waals surface area contributed by atoms with Crippen LogP contribution in [0.15, 0.2) is 72.8 Å². The number of nitrogens with one attached hydrogen (secondary N) is 2. The van der Waals surface area contributed by atoms with Crippen LogP contribution in [0.3, 0.4) is 0 Å². The van der Waals surface area contributed by atoms with E-state index in [1.807, 2.05) is 30.3 Å². The highest BCUT2D eigenvalue weighted by molar-refractivity contribution is 7.92. The molecule has 40 heavy (non-hydrogen) atoms. The first-order valence-electron chi connectivity index (χ1n) is 13.2. The summed E-state index contributed by atoms with van der Waals surface area (Å²) in [5, 5.41) is 2.99. The van der Waals surface area contributed by atoms with Crippen LogP contribution in [0.4, 0.5) is 5.69 Å². The fraction of sp³-hybridized carbons (Fsp3) is 0.333. The van der Waals surface area contributed by atoms with E-state index in [-0.39, 0.29) is 42.6 Å². The topological polar surface area (TPSA) is 114 Å². The minimum Gasteiger partial charge on any atom is -0.490 e. The number of anilines is 1.